The molecule has 5 aliphatic rings. The maximum Gasteiger partial charge on any atom is 0.186 e. The first-order valence-electron chi connectivity index (χ1n) is 12.1. The number of halogens is 1. The Morgan fingerprint density at radius 3 is 2.85 bits per heavy atom. The van der Waals surface area contributed by atoms with Crippen molar-refractivity contribution in [1.29, 1.82) is 0 Å². The summed E-state index contributed by atoms with van der Waals surface area (Å²) >= 11 is 0. The van der Waals surface area contributed by atoms with Crippen molar-refractivity contribution < 1.29 is 32.7 Å². The average Bonchev–Trinajstić information content (AvgIpc) is 3.30. The van der Waals surface area contributed by atoms with Gasteiger partial charge in [-0.25, -0.2) is 0 Å². The van der Waals surface area contributed by atoms with Crippen LogP contribution in [0, 0.1) is 5.92 Å². The van der Waals surface area contributed by atoms with E-state index < -0.39 is 11.0 Å². The molecule has 2 aliphatic carbocycles. The number of aliphatic hydroxyl groups is 1. The first-order valence-corrected chi connectivity index (χ1v) is 12.1. The molecule has 3 aliphatic heterocycles. The van der Waals surface area contributed by atoms with Gasteiger partial charge in [-0.15, -0.1) is 0 Å². The summed E-state index contributed by atoms with van der Waals surface area (Å²) < 4.78 is 6.64. The monoisotopic (exact) mass is 466 g/mol. The molecule has 1 fully saturated rings. The van der Waals surface area contributed by atoms with E-state index in [0.717, 1.165) is 37.9 Å². The molecule has 1 spiro atoms. The predicted molar refractivity (Wildman–Crippen MR) is 122 cm³/mol. The topological polar surface area (TPSA) is 69.5 Å². The molecule has 33 heavy (non-hydrogen) atoms. The zero-order valence-corrected chi connectivity index (χ0v) is 19.9. The number of hydrogen-bond donors (Lipinski definition) is 3. The Kier molecular flexibility index (Phi) is 4.55. The van der Waals surface area contributed by atoms with Gasteiger partial charge in [-0.2, -0.15) is 0 Å². The van der Waals surface area contributed by atoms with Gasteiger partial charge in [-0.1, -0.05) is 32.0 Å². The van der Waals surface area contributed by atoms with Gasteiger partial charge < -0.3 is 27.4 Å². The van der Waals surface area contributed by atoms with E-state index in [1.807, 2.05) is 0 Å². The third-order valence-corrected chi connectivity index (χ3v) is 8.99. The van der Waals surface area contributed by atoms with Gasteiger partial charge in [-0.3, -0.25) is 10.2 Å². The van der Waals surface area contributed by atoms with Crippen LogP contribution in [0.3, 0.4) is 0 Å². The standard InChI is InChI=1S/C27H30N2O3.ClH/c1-15(2)9-11-29-12-10-26-22-16-7-8-20(30)24(22)32-25(26)23-18(14-27(26,31)21(29)13-16)17-5-3-4-6-19(17)28-23;/h3-8,15,21,25,28,30-31H,9-14H2,1-2H3;1H/t21-,25+,26+,27-;/m1./s1. The number of fused-ring (bicyclic) bond motifs is 3. The largest absolute Gasteiger partial charge is 1.00 e. The van der Waals surface area contributed by atoms with Crippen molar-refractivity contribution in [3.8, 4) is 11.5 Å². The van der Waals surface area contributed by atoms with Crippen LogP contribution in [0.4, 0.5) is 5.69 Å². The second-order valence-electron chi connectivity index (χ2n) is 10.9. The Morgan fingerprint density at radius 1 is 1.21 bits per heavy atom. The van der Waals surface area contributed by atoms with Gasteiger partial charge in [0.05, 0.1) is 11.0 Å². The molecular weight excluding hydrogens is 436 g/mol. The van der Waals surface area contributed by atoms with Crippen LogP contribution in [0.2, 0.25) is 0 Å². The van der Waals surface area contributed by atoms with E-state index in [-0.39, 0.29) is 30.3 Å². The Balaban J connectivity index is 0.00000206. The summed E-state index contributed by atoms with van der Waals surface area (Å²) in [6, 6.07) is 12.4. The maximum atomic E-state index is 12.8. The highest BCUT2D eigenvalue weighted by molar-refractivity contribution is 5.82. The number of piperidine rings is 1. The highest BCUT2D eigenvalue weighted by Crippen LogP contribution is 2.67. The lowest BCUT2D eigenvalue weighted by atomic mass is 9.49. The van der Waals surface area contributed by atoms with Crippen LogP contribution in [0.25, 0.3) is 5.57 Å². The fourth-order valence-electron chi connectivity index (χ4n) is 7.54. The van der Waals surface area contributed by atoms with E-state index >= 15 is 0 Å². The number of quaternary nitrogens is 1. The lowest BCUT2D eigenvalue weighted by molar-refractivity contribution is -0.524. The minimum Gasteiger partial charge on any atom is -1.00 e. The number of phenolic OH excluding ortho intramolecular Hbond substituents is 1. The molecule has 0 saturated carbocycles. The molecule has 1 saturated heterocycles. The molecule has 174 valence electrons. The van der Waals surface area contributed by atoms with E-state index in [1.165, 1.54) is 28.1 Å². The lowest BCUT2D eigenvalue weighted by Gasteiger charge is -2.62. The van der Waals surface area contributed by atoms with Gasteiger partial charge in [0.1, 0.15) is 5.69 Å². The molecule has 3 heterocycles. The zero-order chi connectivity index (χ0) is 21.8. The van der Waals surface area contributed by atoms with Crippen LogP contribution >= 0.6 is 0 Å². The fraction of sp³-hybridized carbons (Fsp3) is 0.481. The molecule has 0 amide bonds. The lowest BCUT2D eigenvalue weighted by Crippen LogP contribution is -3.00. The Morgan fingerprint density at radius 2 is 2.03 bits per heavy atom. The molecule has 2 bridgehead atoms. The third kappa shape index (κ3) is 2.49. The first-order chi connectivity index (χ1) is 15.4. The molecular formula is C27H31ClN2O3. The van der Waals surface area contributed by atoms with E-state index in [0.29, 0.717) is 18.1 Å². The summed E-state index contributed by atoms with van der Waals surface area (Å²) in [4.78, 5) is 2.55. The molecule has 4 atom stereocenters. The molecule has 2 aromatic rings. The minimum atomic E-state index is -0.914. The van der Waals surface area contributed by atoms with Gasteiger partial charge in [0, 0.05) is 35.2 Å². The van der Waals surface area contributed by atoms with Crippen LogP contribution in [0.15, 0.2) is 42.1 Å². The number of hydrogen-bond acceptors (Lipinski definition) is 4. The number of para-hydroxylation sites is 1. The van der Waals surface area contributed by atoms with Crippen LogP contribution < -0.4 is 22.5 Å². The van der Waals surface area contributed by atoms with Crippen LogP contribution in [0.5, 0.6) is 11.5 Å². The van der Waals surface area contributed by atoms with Crippen molar-refractivity contribution in [3.63, 3.8) is 0 Å². The smallest absolute Gasteiger partial charge is 0.186 e. The Labute approximate surface area is 200 Å². The average molecular weight is 467 g/mol. The van der Waals surface area contributed by atoms with Crippen molar-refractivity contribution >= 4 is 11.3 Å². The van der Waals surface area contributed by atoms with E-state index in [2.05, 4.69) is 54.4 Å². The van der Waals surface area contributed by atoms with Crippen LogP contribution in [-0.2, 0) is 11.8 Å². The number of benzene rings is 2. The van der Waals surface area contributed by atoms with Gasteiger partial charge in [0.25, 0.3) is 0 Å². The number of likely N-dealkylation sites (tertiary alicyclic amines) is 1. The predicted octanol–water partition coefficient (Wildman–Crippen LogP) is -0.174. The fourth-order valence-corrected chi connectivity index (χ4v) is 7.54. The molecule has 6 heteroatoms. The van der Waals surface area contributed by atoms with Gasteiger partial charge >= 0.3 is 0 Å². The highest BCUT2D eigenvalue weighted by Gasteiger charge is 2.74. The summed E-state index contributed by atoms with van der Waals surface area (Å²) in [6.45, 7) is 6.52. The maximum absolute atomic E-state index is 12.8. The van der Waals surface area contributed by atoms with E-state index in [9.17, 15) is 10.2 Å². The second-order valence-corrected chi connectivity index (χ2v) is 10.9. The summed E-state index contributed by atoms with van der Waals surface area (Å²) in [5, 5.41) is 25.8. The zero-order valence-electron chi connectivity index (χ0n) is 19.1. The van der Waals surface area contributed by atoms with Gasteiger partial charge in [0.15, 0.2) is 23.3 Å². The quantitative estimate of drug-likeness (QED) is 0.549. The Bertz CT molecular complexity index is 1190. The first kappa shape index (κ1) is 21.5. The number of rotatable bonds is 3. The van der Waals surface area contributed by atoms with E-state index in [1.54, 1.807) is 6.07 Å². The van der Waals surface area contributed by atoms with Crippen molar-refractivity contribution in [3.05, 3.63) is 58.8 Å². The molecule has 5 nitrogen and oxygen atoms in total. The molecule has 7 rings (SSSR count). The molecule has 0 unspecified atom stereocenters. The molecule has 2 aromatic carbocycles. The van der Waals surface area contributed by atoms with Gasteiger partial charge in [-0.05, 0) is 56.0 Å². The molecule has 4 N–H and O–H groups in total. The highest BCUT2D eigenvalue weighted by atomic mass is 35.5. The Hall–Kier alpha value is -2.05. The van der Waals surface area contributed by atoms with Crippen molar-refractivity contribution in [1.82, 2.24) is 4.90 Å². The summed E-state index contributed by atoms with van der Waals surface area (Å²) in [5.41, 5.74) is 5.79. The van der Waals surface area contributed by atoms with Crippen molar-refractivity contribution in [2.45, 2.75) is 62.7 Å². The van der Waals surface area contributed by atoms with E-state index in [4.69, 9.17) is 4.74 Å². The van der Waals surface area contributed by atoms with Crippen LogP contribution in [0.1, 0.15) is 49.8 Å². The SMILES string of the molecule is CC(C)CCN1CC[C@]23c4c5ccc(O)c4O[C@H]2C2=C(C[C@@]3(O)[C@H]1C5)c1ccccc1[NH2+]2.[Cl-]. The third-order valence-electron chi connectivity index (χ3n) is 8.99. The number of nitrogens with two attached hydrogens (primary N) is 1. The van der Waals surface area contributed by atoms with Crippen molar-refractivity contribution in [2.75, 3.05) is 13.1 Å². The molecule has 0 radical (unpaired) electrons. The number of nitrogens with zero attached hydrogens (tertiary/aromatic N) is 1. The normalized spacial score (nSPS) is 32.7. The van der Waals surface area contributed by atoms with Gasteiger partial charge in [0.2, 0.25) is 0 Å². The molecule has 0 aromatic heterocycles. The van der Waals surface area contributed by atoms with Crippen molar-refractivity contribution in [2.24, 2.45) is 5.92 Å². The second kappa shape index (κ2) is 6.98. The van der Waals surface area contributed by atoms with Crippen LogP contribution in [-0.4, -0.2) is 45.9 Å². The number of aromatic hydroxyl groups is 1. The number of phenols is 1. The minimum absolute atomic E-state index is 0. The summed E-state index contributed by atoms with van der Waals surface area (Å²) in [7, 11) is 0. The summed E-state index contributed by atoms with van der Waals surface area (Å²) in [6.07, 6.45) is 3.20. The number of ether oxygens (including phenoxy) is 1. The summed E-state index contributed by atoms with van der Waals surface area (Å²) in [5.74, 6) is 1.45.